The number of hydrogen-bond acceptors (Lipinski definition) is 9. The van der Waals surface area contributed by atoms with Crippen LogP contribution in [0.5, 0.6) is 0 Å². The molecule has 1 spiro atoms. The molecule has 6 aliphatic rings. The molecule has 302 valence electrons. The fourth-order valence-corrected chi connectivity index (χ4v) is 13.0. The minimum atomic E-state index is -1.17. The summed E-state index contributed by atoms with van der Waals surface area (Å²) in [5.41, 5.74) is 0.821. The standard InChI is InChI=1S/C28H32O7.C18H18ClNS.ClH/c1-14(29)34-17-12-26(5)16(15-8-10-33-13-15)11-19-28(26,35-19)27(6)21(17)25(4)9-7-18(30)24(2,3)22(25)20(31)23(27)32;1-20(2)11-5-7-14-15-6-3-4-8-17(15)21-18-10-9-13(19)12-16(14)18;/h7-10,13,16-17,19,21,31H,11-12H2,1-6H3;3-4,6-10,12H,5,11H2,1-2H3;1H. The highest BCUT2D eigenvalue weighted by Gasteiger charge is 2.89. The monoisotopic (exact) mass is 831 g/mol. The Labute approximate surface area is 350 Å². The number of ether oxygens (including phenoxy) is 2. The van der Waals surface area contributed by atoms with E-state index in [4.69, 9.17) is 25.5 Å². The summed E-state index contributed by atoms with van der Waals surface area (Å²) in [6.07, 6.45) is 10.5. The molecule has 57 heavy (non-hydrogen) atoms. The number of aliphatic hydroxyl groups is 1. The van der Waals surface area contributed by atoms with Crippen molar-refractivity contribution in [2.75, 3.05) is 20.6 Å². The summed E-state index contributed by atoms with van der Waals surface area (Å²) in [6, 6.07) is 16.7. The van der Waals surface area contributed by atoms with Crippen molar-refractivity contribution in [2.24, 2.45) is 27.6 Å². The van der Waals surface area contributed by atoms with Crippen LogP contribution in [0.25, 0.3) is 5.57 Å². The second kappa shape index (κ2) is 14.3. The molecule has 8 nitrogen and oxygen atoms in total. The first-order valence-electron chi connectivity index (χ1n) is 19.4. The molecular formula is C46H51Cl2NO7S. The summed E-state index contributed by atoms with van der Waals surface area (Å²) in [4.78, 5) is 44.4. The molecule has 9 rings (SSSR count). The topological polar surface area (TPSA) is 110 Å². The molecule has 3 heterocycles. The van der Waals surface area contributed by atoms with E-state index in [-0.39, 0.29) is 36.0 Å². The maximum Gasteiger partial charge on any atom is 0.302 e. The van der Waals surface area contributed by atoms with E-state index in [1.807, 2.05) is 37.7 Å². The van der Waals surface area contributed by atoms with Crippen molar-refractivity contribution in [3.8, 4) is 0 Å². The molecular weight excluding hydrogens is 781 g/mol. The number of carbonyl (C=O) groups excluding carboxylic acids is 3. The third-order valence-corrected chi connectivity index (χ3v) is 15.3. The number of Topliss-reactive ketones (excluding diaryl/α,β-unsaturated/α-hetero) is 1. The number of benzene rings is 2. The molecule has 2 aromatic carbocycles. The Hall–Kier alpha value is -3.60. The van der Waals surface area contributed by atoms with E-state index in [9.17, 15) is 19.5 Å². The lowest BCUT2D eigenvalue weighted by atomic mass is 9.38. The van der Waals surface area contributed by atoms with Crippen molar-refractivity contribution in [1.29, 1.82) is 0 Å². The first-order valence-corrected chi connectivity index (χ1v) is 20.6. The molecule has 8 unspecified atom stereocenters. The molecule has 0 amide bonds. The molecule has 1 saturated heterocycles. The number of ketones is 2. The van der Waals surface area contributed by atoms with Gasteiger partial charge in [-0.05, 0) is 124 Å². The molecule has 2 aliphatic heterocycles. The lowest BCUT2D eigenvalue weighted by molar-refractivity contribution is -0.200. The molecule has 1 N–H and O–H groups in total. The van der Waals surface area contributed by atoms with Crippen LogP contribution in [0.15, 0.2) is 105 Å². The lowest BCUT2D eigenvalue weighted by Gasteiger charge is -2.64. The van der Waals surface area contributed by atoms with Crippen molar-refractivity contribution in [3.63, 3.8) is 0 Å². The number of allylic oxidation sites excluding steroid dienone is 4. The molecule has 1 aromatic heterocycles. The van der Waals surface area contributed by atoms with Crippen molar-refractivity contribution >= 4 is 58.9 Å². The number of nitrogens with zero attached hydrogens (tertiary/aromatic N) is 1. The Kier molecular flexibility index (Phi) is 10.4. The van der Waals surface area contributed by atoms with Crippen molar-refractivity contribution in [2.45, 2.75) is 94.3 Å². The molecule has 8 atom stereocenters. The third-order valence-electron chi connectivity index (χ3n) is 13.9. The van der Waals surface area contributed by atoms with Gasteiger partial charge in [0, 0.05) is 45.0 Å². The van der Waals surface area contributed by atoms with Crippen LogP contribution in [-0.2, 0) is 23.9 Å². The highest BCUT2D eigenvalue weighted by Crippen LogP contribution is 2.81. The number of rotatable bonds is 5. The fourth-order valence-electron chi connectivity index (χ4n) is 11.8. The Morgan fingerprint density at radius 2 is 1.77 bits per heavy atom. The summed E-state index contributed by atoms with van der Waals surface area (Å²) in [5, 5.41) is 12.3. The maximum absolute atomic E-state index is 14.3. The van der Waals surface area contributed by atoms with Crippen molar-refractivity contribution in [3.05, 3.63) is 112 Å². The fraction of sp³-hybridized carbons (Fsp3) is 0.457. The highest BCUT2D eigenvalue weighted by atomic mass is 35.5. The van der Waals surface area contributed by atoms with E-state index in [2.05, 4.69) is 68.4 Å². The van der Waals surface area contributed by atoms with Gasteiger partial charge in [-0.2, -0.15) is 0 Å². The predicted molar refractivity (Wildman–Crippen MR) is 224 cm³/mol. The Morgan fingerprint density at radius 3 is 2.46 bits per heavy atom. The van der Waals surface area contributed by atoms with Gasteiger partial charge >= 0.3 is 5.97 Å². The summed E-state index contributed by atoms with van der Waals surface area (Å²) in [5.74, 6) is -1.84. The highest BCUT2D eigenvalue weighted by molar-refractivity contribution is 7.99. The van der Waals surface area contributed by atoms with Crippen molar-refractivity contribution in [1.82, 2.24) is 4.90 Å². The first kappa shape index (κ1) is 41.6. The van der Waals surface area contributed by atoms with E-state index < -0.39 is 51.0 Å². The molecule has 3 fully saturated rings. The van der Waals surface area contributed by atoms with Gasteiger partial charge in [0.15, 0.2) is 11.5 Å². The van der Waals surface area contributed by atoms with E-state index >= 15 is 0 Å². The predicted octanol–water partition coefficient (Wildman–Crippen LogP) is 10.0. The van der Waals surface area contributed by atoms with Crippen LogP contribution in [0.4, 0.5) is 0 Å². The van der Waals surface area contributed by atoms with Gasteiger partial charge in [-0.15, -0.1) is 12.4 Å². The zero-order valence-corrected chi connectivity index (χ0v) is 36.1. The quantitative estimate of drug-likeness (QED) is 0.155. The number of epoxide rings is 1. The lowest BCUT2D eigenvalue weighted by Crippen LogP contribution is -2.70. The number of hydrogen-bond donors (Lipinski definition) is 1. The molecule has 4 aliphatic carbocycles. The smallest absolute Gasteiger partial charge is 0.302 e. The van der Waals surface area contributed by atoms with E-state index in [1.165, 1.54) is 33.4 Å². The summed E-state index contributed by atoms with van der Waals surface area (Å²) < 4.78 is 17.9. The first-order chi connectivity index (χ1) is 26.4. The molecule has 3 aromatic rings. The van der Waals surface area contributed by atoms with E-state index in [0.29, 0.717) is 18.4 Å². The normalized spacial score (nSPS) is 34.5. The Balaban J connectivity index is 0.000000193. The second-order valence-electron chi connectivity index (χ2n) is 17.7. The third kappa shape index (κ3) is 5.96. The zero-order valence-electron chi connectivity index (χ0n) is 33.7. The van der Waals surface area contributed by atoms with Gasteiger partial charge in [0.05, 0.1) is 29.5 Å². The summed E-state index contributed by atoms with van der Waals surface area (Å²) in [6.45, 7) is 11.9. The van der Waals surface area contributed by atoms with Crippen LogP contribution in [0, 0.1) is 27.6 Å². The minimum Gasteiger partial charge on any atom is -0.504 e. The Morgan fingerprint density at radius 1 is 1.05 bits per heavy atom. The average Bonchev–Trinajstić information content (AvgIpc) is 3.50. The van der Waals surface area contributed by atoms with Crippen LogP contribution >= 0.6 is 35.8 Å². The minimum absolute atomic E-state index is 0. The molecule has 0 bridgehead atoms. The largest absolute Gasteiger partial charge is 0.504 e. The van der Waals surface area contributed by atoms with E-state index in [1.54, 1.807) is 38.5 Å². The maximum atomic E-state index is 14.3. The van der Waals surface area contributed by atoms with Crippen LogP contribution in [0.2, 0.25) is 5.02 Å². The second-order valence-corrected chi connectivity index (χ2v) is 19.3. The number of carbonyl (C=O) groups is 3. The number of halogens is 2. The number of aliphatic hydroxyl groups excluding tert-OH is 1. The van der Waals surface area contributed by atoms with Crippen LogP contribution < -0.4 is 0 Å². The molecule has 2 saturated carbocycles. The number of furan rings is 1. The number of fused-ring (bicyclic) bond motifs is 5. The van der Waals surface area contributed by atoms with Crippen LogP contribution in [0.3, 0.4) is 0 Å². The van der Waals surface area contributed by atoms with Crippen LogP contribution in [0.1, 0.15) is 83.4 Å². The van der Waals surface area contributed by atoms with Crippen LogP contribution in [-0.4, -0.2) is 66.0 Å². The number of esters is 1. The average molecular weight is 833 g/mol. The Bertz CT molecular complexity index is 2240. The van der Waals surface area contributed by atoms with Gasteiger partial charge in [0.25, 0.3) is 0 Å². The van der Waals surface area contributed by atoms with Crippen molar-refractivity contribution < 1.29 is 33.4 Å². The van der Waals surface area contributed by atoms with Gasteiger partial charge in [-0.25, -0.2) is 0 Å². The van der Waals surface area contributed by atoms with Gasteiger partial charge in [0.2, 0.25) is 5.78 Å². The molecule has 0 radical (unpaired) electrons. The summed E-state index contributed by atoms with van der Waals surface area (Å²) in [7, 11) is 4.21. The van der Waals surface area contributed by atoms with E-state index in [0.717, 1.165) is 23.6 Å². The van der Waals surface area contributed by atoms with Gasteiger partial charge in [0.1, 0.15) is 11.7 Å². The molecule has 11 heteroatoms. The van der Waals surface area contributed by atoms with Gasteiger partial charge in [-0.1, -0.05) is 67.6 Å². The van der Waals surface area contributed by atoms with Gasteiger partial charge in [-0.3, -0.25) is 14.4 Å². The zero-order chi connectivity index (χ0) is 40.2. The van der Waals surface area contributed by atoms with Gasteiger partial charge < -0.3 is 23.9 Å². The SMILES string of the molecule is CC(=O)OC1CC2(C)C(c3ccoc3)CC3OC32C2(C)C(=O)C(O)=C3C(C)(C)C(=O)C=CC3(C)C12.CN(C)CCC=C1c2ccccc2Sc2ccc(Cl)cc21.Cl. The summed E-state index contributed by atoms with van der Waals surface area (Å²) >= 11 is 8.03.